The third-order valence-corrected chi connectivity index (χ3v) is 6.89. The van der Waals surface area contributed by atoms with Crippen molar-refractivity contribution in [3.63, 3.8) is 0 Å². The highest BCUT2D eigenvalue weighted by Crippen LogP contribution is 2.32. The number of hydrogen-bond donors (Lipinski definition) is 1. The van der Waals surface area contributed by atoms with Gasteiger partial charge < -0.3 is 15.0 Å². The molecule has 1 N–H and O–H groups in total. The largest absolute Gasteiger partial charge is 0.426 e. The third kappa shape index (κ3) is 7.12. The molecule has 0 spiro atoms. The van der Waals surface area contributed by atoms with E-state index in [9.17, 15) is 22.8 Å². The van der Waals surface area contributed by atoms with Gasteiger partial charge in [0.05, 0.1) is 12.1 Å². The molecule has 6 nitrogen and oxygen atoms in total. The van der Waals surface area contributed by atoms with E-state index >= 15 is 0 Å². The lowest BCUT2D eigenvalue weighted by Crippen LogP contribution is -2.48. The molecule has 0 aliphatic carbocycles. The molecule has 0 atom stereocenters. The van der Waals surface area contributed by atoms with Crippen LogP contribution in [0.25, 0.3) is 11.1 Å². The lowest BCUT2D eigenvalue weighted by atomic mass is 9.98. The van der Waals surface area contributed by atoms with Crippen LogP contribution in [0, 0.1) is 0 Å². The topological polar surface area (TPSA) is 61.9 Å². The van der Waals surface area contributed by atoms with Gasteiger partial charge in [0.2, 0.25) is 0 Å². The van der Waals surface area contributed by atoms with Gasteiger partial charge in [-0.25, -0.2) is 0 Å². The zero-order valence-corrected chi connectivity index (χ0v) is 22.1. The minimum absolute atomic E-state index is 0.224. The summed E-state index contributed by atoms with van der Waals surface area (Å²) in [6.45, 7) is 3.13. The fourth-order valence-corrected chi connectivity index (χ4v) is 4.72. The Morgan fingerprint density at radius 2 is 1.39 bits per heavy atom. The molecule has 0 unspecified atom stereocenters. The molecule has 0 radical (unpaired) electrons. The van der Waals surface area contributed by atoms with Gasteiger partial charge in [0, 0.05) is 43.1 Å². The van der Waals surface area contributed by atoms with Crippen LogP contribution in [-0.4, -0.2) is 49.5 Å². The number of para-hydroxylation sites is 1. The van der Waals surface area contributed by atoms with Crippen molar-refractivity contribution in [1.29, 1.82) is 0 Å². The lowest BCUT2D eigenvalue weighted by molar-refractivity contribution is -0.137. The molecule has 41 heavy (non-hydrogen) atoms. The number of alkyl halides is 3. The van der Waals surface area contributed by atoms with E-state index in [0.29, 0.717) is 41.2 Å². The maximum Gasteiger partial charge on any atom is 0.416 e. The number of carbonyl (C=O) groups is 2. The second-order valence-corrected chi connectivity index (χ2v) is 9.67. The Labute approximate surface area is 236 Å². The van der Waals surface area contributed by atoms with E-state index in [1.165, 1.54) is 12.1 Å². The number of halogens is 3. The molecule has 1 aliphatic rings. The molecular formula is C32H28F3N3O3. The number of hydrogen-bond acceptors (Lipinski definition) is 5. The number of esters is 1. The lowest BCUT2D eigenvalue weighted by Gasteiger charge is -2.35. The van der Waals surface area contributed by atoms with E-state index < -0.39 is 11.7 Å². The van der Waals surface area contributed by atoms with Crippen molar-refractivity contribution < 1.29 is 27.5 Å². The van der Waals surface area contributed by atoms with Crippen LogP contribution in [-0.2, 0) is 11.0 Å². The Kier molecular flexibility index (Phi) is 8.35. The number of nitrogens with one attached hydrogen (secondary N) is 1. The smallest absolute Gasteiger partial charge is 0.416 e. The van der Waals surface area contributed by atoms with Crippen LogP contribution >= 0.6 is 0 Å². The quantitative estimate of drug-likeness (QED) is 0.211. The van der Waals surface area contributed by atoms with Crippen molar-refractivity contribution in [3.8, 4) is 16.9 Å². The van der Waals surface area contributed by atoms with Gasteiger partial charge in [-0.05, 0) is 65.7 Å². The molecule has 4 aromatic carbocycles. The van der Waals surface area contributed by atoms with Crippen molar-refractivity contribution in [3.05, 3.63) is 114 Å². The third-order valence-electron chi connectivity index (χ3n) is 6.89. The number of benzene rings is 4. The number of ether oxygens (including phenoxy) is 1. The van der Waals surface area contributed by atoms with Gasteiger partial charge in [-0.3, -0.25) is 14.5 Å². The van der Waals surface area contributed by atoms with Crippen LogP contribution in [0.1, 0.15) is 15.9 Å². The molecular weight excluding hydrogens is 531 g/mol. The number of carbonyl (C=O) groups excluding carboxylic acids is 2. The first-order chi connectivity index (χ1) is 19.8. The maximum atomic E-state index is 13.1. The van der Waals surface area contributed by atoms with Gasteiger partial charge in [-0.1, -0.05) is 48.5 Å². The molecule has 210 valence electrons. The highest BCUT2D eigenvalue weighted by molar-refractivity contribution is 6.08. The molecule has 0 saturated carbocycles. The Balaban J connectivity index is 1.16. The molecule has 0 aromatic heterocycles. The zero-order valence-electron chi connectivity index (χ0n) is 22.1. The second kappa shape index (κ2) is 12.3. The van der Waals surface area contributed by atoms with Crippen LogP contribution in [0.3, 0.4) is 0 Å². The molecule has 4 aromatic rings. The van der Waals surface area contributed by atoms with Gasteiger partial charge in [0.25, 0.3) is 5.91 Å². The summed E-state index contributed by atoms with van der Waals surface area (Å²) in [6, 6.07) is 28.1. The van der Waals surface area contributed by atoms with E-state index in [1.54, 1.807) is 36.4 Å². The van der Waals surface area contributed by atoms with Gasteiger partial charge in [-0.15, -0.1) is 0 Å². The first-order valence-electron chi connectivity index (χ1n) is 13.2. The predicted molar refractivity (Wildman–Crippen MR) is 152 cm³/mol. The average molecular weight is 560 g/mol. The first kappa shape index (κ1) is 27.9. The number of anilines is 2. The summed E-state index contributed by atoms with van der Waals surface area (Å²) in [4.78, 5) is 29.6. The van der Waals surface area contributed by atoms with Crippen molar-refractivity contribution >= 4 is 23.3 Å². The van der Waals surface area contributed by atoms with E-state index in [2.05, 4.69) is 15.1 Å². The maximum absolute atomic E-state index is 13.1. The van der Waals surface area contributed by atoms with Crippen molar-refractivity contribution in [1.82, 2.24) is 4.90 Å². The molecule has 1 saturated heterocycles. The van der Waals surface area contributed by atoms with E-state index in [-0.39, 0.29) is 18.4 Å². The van der Waals surface area contributed by atoms with Gasteiger partial charge in [-0.2, -0.15) is 13.2 Å². The Morgan fingerprint density at radius 1 is 0.756 bits per heavy atom. The van der Waals surface area contributed by atoms with E-state index in [0.717, 1.165) is 30.9 Å². The summed E-state index contributed by atoms with van der Waals surface area (Å²) in [7, 11) is 0. The summed E-state index contributed by atoms with van der Waals surface area (Å²) in [6.07, 6.45) is -4.42. The van der Waals surface area contributed by atoms with E-state index in [4.69, 9.17) is 4.74 Å². The van der Waals surface area contributed by atoms with Crippen LogP contribution < -0.4 is 15.0 Å². The van der Waals surface area contributed by atoms with Crippen molar-refractivity contribution in [2.75, 3.05) is 42.9 Å². The number of piperazine rings is 1. The summed E-state index contributed by atoms with van der Waals surface area (Å²) < 4.78 is 44.3. The summed E-state index contributed by atoms with van der Waals surface area (Å²) in [5, 5.41) is 2.89. The molecule has 9 heteroatoms. The minimum Gasteiger partial charge on any atom is -0.426 e. The van der Waals surface area contributed by atoms with Crippen LogP contribution in [0.4, 0.5) is 24.5 Å². The second-order valence-electron chi connectivity index (χ2n) is 9.67. The molecule has 0 bridgehead atoms. The zero-order chi connectivity index (χ0) is 28.8. The molecule has 1 aliphatic heterocycles. The van der Waals surface area contributed by atoms with Crippen molar-refractivity contribution in [2.45, 2.75) is 6.18 Å². The predicted octanol–water partition coefficient (Wildman–Crippen LogP) is 6.35. The highest BCUT2D eigenvalue weighted by atomic mass is 19.4. The Hall–Kier alpha value is -4.63. The number of amides is 1. The molecule has 1 fully saturated rings. The number of rotatable bonds is 7. The SMILES string of the molecule is O=C(CN1CCN(c2ccc(NC(=O)c3ccccc3-c3ccc(C(F)(F)F)cc3)cc2)CC1)Oc1ccccc1. The normalized spacial score (nSPS) is 14.0. The fourth-order valence-electron chi connectivity index (χ4n) is 4.72. The van der Waals surface area contributed by atoms with Crippen molar-refractivity contribution in [2.24, 2.45) is 0 Å². The monoisotopic (exact) mass is 559 g/mol. The molecule has 1 heterocycles. The fraction of sp³-hybridized carbons (Fsp3) is 0.188. The number of nitrogens with zero attached hydrogens (tertiary/aromatic N) is 2. The molecule has 1 amide bonds. The first-order valence-corrected chi connectivity index (χ1v) is 13.2. The van der Waals surface area contributed by atoms with Crippen LogP contribution in [0.5, 0.6) is 5.75 Å². The highest BCUT2D eigenvalue weighted by Gasteiger charge is 2.30. The Morgan fingerprint density at radius 3 is 2.05 bits per heavy atom. The average Bonchev–Trinajstić information content (AvgIpc) is 2.98. The standard InChI is InChI=1S/C32H28F3N3O3/c33-32(34,35)24-12-10-23(11-13-24)28-8-4-5-9-29(28)31(40)36-25-14-16-26(17-15-25)38-20-18-37(19-21-38)22-30(39)41-27-6-2-1-3-7-27/h1-17H,18-22H2,(H,36,40). The van der Waals surface area contributed by atoms with Crippen LogP contribution in [0.15, 0.2) is 103 Å². The van der Waals surface area contributed by atoms with Gasteiger partial charge >= 0.3 is 12.1 Å². The van der Waals surface area contributed by atoms with Crippen LogP contribution in [0.2, 0.25) is 0 Å². The summed E-state index contributed by atoms with van der Waals surface area (Å²) >= 11 is 0. The van der Waals surface area contributed by atoms with Gasteiger partial charge in [0.1, 0.15) is 5.75 Å². The van der Waals surface area contributed by atoms with E-state index in [1.807, 2.05) is 42.5 Å². The van der Waals surface area contributed by atoms with Gasteiger partial charge in [0.15, 0.2) is 0 Å². The summed E-state index contributed by atoms with van der Waals surface area (Å²) in [5.74, 6) is -0.111. The Bertz CT molecular complexity index is 1480. The minimum atomic E-state index is -4.42. The molecule has 5 rings (SSSR count). The summed E-state index contributed by atoms with van der Waals surface area (Å²) in [5.41, 5.74) is 2.28.